The lowest BCUT2D eigenvalue weighted by Gasteiger charge is -2.04. The number of carbonyl (C=O) groups is 2. The minimum absolute atomic E-state index is 0.0349. The van der Waals surface area contributed by atoms with Crippen LogP contribution in [0.4, 0.5) is 5.00 Å². The van der Waals surface area contributed by atoms with Gasteiger partial charge in [-0.1, -0.05) is 23.7 Å². The van der Waals surface area contributed by atoms with Crippen molar-refractivity contribution in [3.05, 3.63) is 57.4 Å². The number of thiazole rings is 1. The summed E-state index contributed by atoms with van der Waals surface area (Å²) in [5, 5.41) is 16.7. The first-order chi connectivity index (χ1) is 13.0. The summed E-state index contributed by atoms with van der Waals surface area (Å²) >= 11 is 8.60. The van der Waals surface area contributed by atoms with E-state index in [1.165, 1.54) is 22.7 Å². The molecule has 0 unspecified atom stereocenters. The summed E-state index contributed by atoms with van der Waals surface area (Å²) in [5.74, 6) is -1.06. The molecule has 0 saturated carbocycles. The van der Waals surface area contributed by atoms with Gasteiger partial charge in [-0.2, -0.15) is 5.26 Å². The molecule has 0 spiro atoms. The Balaban J connectivity index is 1.51. The summed E-state index contributed by atoms with van der Waals surface area (Å²) in [5.41, 5.74) is 1.80. The molecule has 0 aliphatic rings. The molecule has 3 aromatic rings. The topological polar surface area (TPSA) is 92.1 Å². The average molecular weight is 418 g/mol. The number of amides is 1. The fourth-order valence-corrected chi connectivity index (χ4v) is 3.90. The lowest BCUT2D eigenvalue weighted by atomic mass is 10.2. The van der Waals surface area contributed by atoms with Crippen molar-refractivity contribution >= 4 is 51.2 Å². The summed E-state index contributed by atoms with van der Waals surface area (Å²) in [6.07, 6.45) is -0.0349. The molecule has 0 atom stereocenters. The molecule has 136 valence electrons. The fourth-order valence-electron chi connectivity index (χ4n) is 2.14. The van der Waals surface area contributed by atoms with Gasteiger partial charge in [-0.05, 0) is 23.6 Å². The average Bonchev–Trinajstić information content (AvgIpc) is 3.29. The van der Waals surface area contributed by atoms with Crippen molar-refractivity contribution in [2.45, 2.75) is 6.42 Å². The molecule has 6 nitrogen and oxygen atoms in total. The van der Waals surface area contributed by atoms with E-state index in [4.69, 9.17) is 21.6 Å². The van der Waals surface area contributed by atoms with Crippen LogP contribution in [-0.4, -0.2) is 23.5 Å². The monoisotopic (exact) mass is 417 g/mol. The molecular weight excluding hydrogens is 406 g/mol. The predicted octanol–water partition coefficient (Wildman–Crippen LogP) is 4.12. The first-order valence-corrected chi connectivity index (χ1v) is 9.82. The van der Waals surface area contributed by atoms with E-state index in [1.807, 2.05) is 18.2 Å². The molecule has 1 amide bonds. The molecule has 2 aromatic heterocycles. The zero-order valence-electron chi connectivity index (χ0n) is 13.8. The number of aromatic nitrogens is 1. The van der Waals surface area contributed by atoms with Gasteiger partial charge in [0.2, 0.25) is 0 Å². The van der Waals surface area contributed by atoms with Crippen LogP contribution >= 0.6 is 34.3 Å². The van der Waals surface area contributed by atoms with Gasteiger partial charge in [0.05, 0.1) is 17.7 Å². The number of benzene rings is 1. The van der Waals surface area contributed by atoms with Crippen LogP contribution in [-0.2, 0) is 20.7 Å². The number of nitrogens with zero attached hydrogens (tertiary/aromatic N) is 2. The smallest absolute Gasteiger partial charge is 0.312 e. The van der Waals surface area contributed by atoms with Crippen molar-refractivity contribution in [3.8, 4) is 16.6 Å². The summed E-state index contributed by atoms with van der Waals surface area (Å²) in [6.45, 7) is -0.424. The maximum atomic E-state index is 11.9. The number of nitriles is 1. The Morgan fingerprint density at radius 1 is 1.30 bits per heavy atom. The SMILES string of the molecule is N#Cc1ccsc1NC(=O)COC(=O)Cc1csc(-c2cccc(Cl)c2)n1. The second-order valence-corrected chi connectivity index (χ2v) is 7.53. The van der Waals surface area contributed by atoms with E-state index in [-0.39, 0.29) is 6.42 Å². The van der Waals surface area contributed by atoms with Crippen LogP contribution in [0.1, 0.15) is 11.3 Å². The summed E-state index contributed by atoms with van der Waals surface area (Å²) in [7, 11) is 0. The molecule has 0 radical (unpaired) electrons. The predicted molar refractivity (Wildman–Crippen MR) is 105 cm³/mol. The molecule has 0 saturated heterocycles. The first-order valence-electron chi connectivity index (χ1n) is 7.68. The standard InChI is InChI=1S/C18H12ClN3O3S2/c19-13-3-1-2-11(6-13)17-21-14(10-27-17)7-16(24)25-9-15(23)22-18-12(8-20)4-5-26-18/h1-6,10H,7,9H2,(H,22,23). The number of thiophene rings is 1. The maximum Gasteiger partial charge on any atom is 0.312 e. The van der Waals surface area contributed by atoms with Crippen molar-refractivity contribution in [1.29, 1.82) is 5.26 Å². The highest BCUT2D eigenvalue weighted by molar-refractivity contribution is 7.14. The number of hydrogen-bond donors (Lipinski definition) is 1. The molecule has 1 aromatic carbocycles. The lowest BCUT2D eigenvalue weighted by Crippen LogP contribution is -2.21. The van der Waals surface area contributed by atoms with Gasteiger partial charge in [-0.25, -0.2) is 4.98 Å². The third kappa shape index (κ3) is 5.14. The Bertz CT molecular complexity index is 1020. The number of carbonyl (C=O) groups excluding carboxylic acids is 2. The van der Waals surface area contributed by atoms with Gasteiger partial charge in [0.25, 0.3) is 5.91 Å². The summed E-state index contributed by atoms with van der Waals surface area (Å²) < 4.78 is 4.98. The highest BCUT2D eigenvalue weighted by Crippen LogP contribution is 2.26. The van der Waals surface area contributed by atoms with Crippen molar-refractivity contribution < 1.29 is 14.3 Å². The molecule has 0 bridgehead atoms. The number of esters is 1. The van der Waals surface area contributed by atoms with Gasteiger partial charge in [0.15, 0.2) is 6.61 Å². The highest BCUT2D eigenvalue weighted by Gasteiger charge is 2.13. The summed E-state index contributed by atoms with van der Waals surface area (Å²) in [6, 6.07) is 10.9. The van der Waals surface area contributed by atoms with Crippen molar-refractivity contribution in [2.75, 3.05) is 11.9 Å². The zero-order chi connectivity index (χ0) is 19.2. The van der Waals surface area contributed by atoms with E-state index in [0.717, 1.165) is 10.6 Å². The van der Waals surface area contributed by atoms with Crippen LogP contribution in [0.3, 0.4) is 0 Å². The van der Waals surface area contributed by atoms with Crippen LogP contribution < -0.4 is 5.32 Å². The van der Waals surface area contributed by atoms with Gasteiger partial charge >= 0.3 is 5.97 Å². The molecule has 0 aliphatic carbocycles. The molecular formula is C18H12ClN3O3S2. The van der Waals surface area contributed by atoms with Gasteiger partial charge in [0, 0.05) is 16.0 Å². The number of ether oxygens (including phenoxy) is 1. The molecule has 0 aliphatic heterocycles. The van der Waals surface area contributed by atoms with E-state index in [2.05, 4.69) is 10.3 Å². The Labute approximate surface area is 168 Å². The largest absolute Gasteiger partial charge is 0.455 e. The van der Waals surface area contributed by atoms with Crippen LogP contribution in [0.2, 0.25) is 5.02 Å². The van der Waals surface area contributed by atoms with Gasteiger partial charge in [-0.3, -0.25) is 9.59 Å². The Morgan fingerprint density at radius 3 is 2.93 bits per heavy atom. The van der Waals surface area contributed by atoms with Crippen molar-refractivity contribution in [1.82, 2.24) is 4.98 Å². The van der Waals surface area contributed by atoms with Gasteiger partial charge < -0.3 is 10.1 Å². The molecule has 3 rings (SSSR count). The van der Waals surface area contributed by atoms with Gasteiger partial charge in [0.1, 0.15) is 16.1 Å². The Kier molecular flexibility index (Phi) is 6.19. The molecule has 1 N–H and O–H groups in total. The van der Waals surface area contributed by atoms with Crippen LogP contribution in [0.5, 0.6) is 0 Å². The fraction of sp³-hybridized carbons (Fsp3) is 0.111. The maximum absolute atomic E-state index is 11.9. The molecule has 27 heavy (non-hydrogen) atoms. The minimum Gasteiger partial charge on any atom is -0.455 e. The van der Waals surface area contributed by atoms with Crippen LogP contribution in [0.15, 0.2) is 41.1 Å². The Morgan fingerprint density at radius 2 is 2.15 bits per heavy atom. The first kappa shape index (κ1) is 19.0. The van der Waals surface area contributed by atoms with Crippen LogP contribution in [0.25, 0.3) is 10.6 Å². The number of hydrogen-bond acceptors (Lipinski definition) is 7. The molecule has 0 fully saturated rings. The number of nitrogens with one attached hydrogen (secondary N) is 1. The van der Waals surface area contributed by atoms with E-state index in [1.54, 1.807) is 29.0 Å². The van der Waals surface area contributed by atoms with Crippen LogP contribution in [0, 0.1) is 11.3 Å². The molecule has 9 heteroatoms. The highest BCUT2D eigenvalue weighted by atomic mass is 35.5. The third-order valence-corrected chi connectivity index (χ3v) is 5.36. The van der Waals surface area contributed by atoms with E-state index in [0.29, 0.717) is 21.3 Å². The number of halogens is 1. The number of anilines is 1. The summed E-state index contributed by atoms with van der Waals surface area (Å²) in [4.78, 5) is 28.2. The second-order valence-electron chi connectivity index (χ2n) is 5.32. The van der Waals surface area contributed by atoms with E-state index in [9.17, 15) is 9.59 Å². The van der Waals surface area contributed by atoms with Crippen molar-refractivity contribution in [2.24, 2.45) is 0 Å². The lowest BCUT2D eigenvalue weighted by molar-refractivity contribution is -0.146. The van der Waals surface area contributed by atoms with Gasteiger partial charge in [-0.15, -0.1) is 22.7 Å². The number of rotatable bonds is 6. The quantitative estimate of drug-likeness (QED) is 0.609. The zero-order valence-corrected chi connectivity index (χ0v) is 16.2. The molecule has 2 heterocycles. The van der Waals surface area contributed by atoms with Crippen molar-refractivity contribution in [3.63, 3.8) is 0 Å². The normalized spacial score (nSPS) is 10.2. The minimum atomic E-state index is -0.556. The third-order valence-electron chi connectivity index (χ3n) is 3.35. The second kappa shape index (κ2) is 8.77. The van der Waals surface area contributed by atoms with E-state index >= 15 is 0 Å². The Hall–Kier alpha value is -2.73. The van der Waals surface area contributed by atoms with E-state index < -0.39 is 18.5 Å².